The molecule has 0 radical (unpaired) electrons. The van der Waals surface area contributed by atoms with Crippen LogP contribution in [0.25, 0.3) is 0 Å². The topological polar surface area (TPSA) is 40.5 Å². The summed E-state index contributed by atoms with van der Waals surface area (Å²) >= 11 is 0. The van der Waals surface area contributed by atoms with Crippen LogP contribution in [0.3, 0.4) is 0 Å². The molecule has 3 heteroatoms. The van der Waals surface area contributed by atoms with Crippen LogP contribution in [0.2, 0.25) is 0 Å². The first-order chi connectivity index (χ1) is 5.20. The molecule has 1 N–H and O–H groups in total. The van der Waals surface area contributed by atoms with Gasteiger partial charge >= 0.3 is 5.97 Å². The predicted octanol–water partition coefficient (Wildman–Crippen LogP) is 0.803. The van der Waals surface area contributed by atoms with Crippen molar-refractivity contribution in [2.75, 3.05) is 19.6 Å². The van der Waals surface area contributed by atoms with E-state index < -0.39 is 5.97 Å². The average molecular weight is 157 g/mol. The van der Waals surface area contributed by atoms with E-state index in [-0.39, 0.29) is 5.92 Å². The van der Waals surface area contributed by atoms with Crippen LogP contribution in [-0.4, -0.2) is 35.6 Å². The number of nitrogens with zero attached hydrogens (tertiary/aromatic N) is 1. The second-order valence-electron chi connectivity index (χ2n) is 3.25. The minimum atomic E-state index is -0.683. The van der Waals surface area contributed by atoms with Gasteiger partial charge in [0.05, 0.1) is 5.92 Å². The monoisotopic (exact) mass is 157 g/mol. The summed E-state index contributed by atoms with van der Waals surface area (Å²) in [6.45, 7) is 4.64. The number of hydrogen-bond donors (Lipinski definition) is 1. The molecule has 1 aliphatic rings. The Morgan fingerprint density at radius 3 is 2.55 bits per heavy atom. The fourth-order valence-electron chi connectivity index (χ4n) is 1.43. The highest BCUT2D eigenvalue weighted by Crippen LogP contribution is 2.09. The third-order valence-corrected chi connectivity index (χ3v) is 2.15. The van der Waals surface area contributed by atoms with Gasteiger partial charge in [0.25, 0.3) is 0 Å². The van der Waals surface area contributed by atoms with Gasteiger partial charge in [-0.2, -0.15) is 0 Å². The minimum absolute atomic E-state index is 0.215. The molecule has 0 aromatic rings. The summed E-state index contributed by atoms with van der Waals surface area (Å²) in [5.41, 5.74) is 0. The second kappa shape index (κ2) is 3.72. The number of aliphatic carboxylic acids is 1. The van der Waals surface area contributed by atoms with Crippen LogP contribution < -0.4 is 0 Å². The van der Waals surface area contributed by atoms with Gasteiger partial charge in [0, 0.05) is 6.54 Å². The molecule has 1 heterocycles. The van der Waals surface area contributed by atoms with Gasteiger partial charge in [0.1, 0.15) is 0 Å². The van der Waals surface area contributed by atoms with Crippen LogP contribution in [0.1, 0.15) is 19.8 Å². The van der Waals surface area contributed by atoms with Gasteiger partial charge < -0.3 is 10.0 Å². The van der Waals surface area contributed by atoms with E-state index in [4.69, 9.17) is 5.11 Å². The average Bonchev–Trinajstić information content (AvgIpc) is 2.39. The molecular weight excluding hydrogens is 142 g/mol. The number of hydrogen-bond acceptors (Lipinski definition) is 2. The summed E-state index contributed by atoms with van der Waals surface area (Å²) < 4.78 is 0. The lowest BCUT2D eigenvalue weighted by atomic mass is 10.2. The Morgan fingerprint density at radius 2 is 2.09 bits per heavy atom. The van der Waals surface area contributed by atoms with Crippen LogP contribution >= 0.6 is 0 Å². The fraction of sp³-hybridized carbons (Fsp3) is 0.875. The van der Waals surface area contributed by atoms with Gasteiger partial charge in [-0.1, -0.05) is 6.92 Å². The van der Waals surface area contributed by atoms with Crippen LogP contribution in [0, 0.1) is 5.92 Å². The molecule has 1 rings (SSSR count). The molecule has 64 valence electrons. The summed E-state index contributed by atoms with van der Waals surface area (Å²) in [4.78, 5) is 12.7. The lowest BCUT2D eigenvalue weighted by Gasteiger charge is -2.16. The molecule has 0 spiro atoms. The lowest BCUT2D eigenvalue weighted by Crippen LogP contribution is -2.29. The maximum Gasteiger partial charge on any atom is 0.307 e. The summed E-state index contributed by atoms with van der Waals surface area (Å²) in [5, 5.41) is 8.62. The third kappa shape index (κ3) is 2.50. The SMILES string of the molecule is CC(CN1CCCC1)C(=O)O. The van der Waals surface area contributed by atoms with Gasteiger partial charge in [-0.25, -0.2) is 0 Å². The zero-order valence-electron chi connectivity index (χ0n) is 6.92. The Morgan fingerprint density at radius 1 is 1.55 bits per heavy atom. The first kappa shape index (κ1) is 8.53. The van der Waals surface area contributed by atoms with E-state index in [1.165, 1.54) is 12.8 Å². The van der Waals surface area contributed by atoms with E-state index >= 15 is 0 Å². The number of carbonyl (C=O) groups is 1. The molecule has 1 unspecified atom stereocenters. The van der Waals surface area contributed by atoms with Crippen molar-refractivity contribution < 1.29 is 9.90 Å². The van der Waals surface area contributed by atoms with Crippen molar-refractivity contribution in [2.24, 2.45) is 5.92 Å². The smallest absolute Gasteiger partial charge is 0.307 e. The molecule has 11 heavy (non-hydrogen) atoms. The van der Waals surface area contributed by atoms with E-state index in [1.54, 1.807) is 6.92 Å². The van der Waals surface area contributed by atoms with Crippen LogP contribution in [0.5, 0.6) is 0 Å². The molecule has 3 nitrogen and oxygen atoms in total. The molecule has 0 aromatic carbocycles. The molecule has 1 atom stereocenters. The van der Waals surface area contributed by atoms with Gasteiger partial charge in [0.15, 0.2) is 0 Å². The molecule has 1 fully saturated rings. The van der Waals surface area contributed by atoms with Crippen molar-refractivity contribution in [3.63, 3.8) is 0 Å². The molecule has 1 aliphatic heterocycles. The first-order valence-corrected chi connectivity index (χ1v) is 4.15. The first-order valence-electron chi connectivity index (χ1n) is 4.15. The predicted molar refractivity (Wildman–Crippen MR) is 42.5 cm³/mol. The number of carboxylic acids is 1. The van der Waals surface area contributed by atoms with Crippen molar-refractivity contribution in [1.29, 1.82) is 0 Å². The molecule has 0 saturated carbocycles. The Labute approximate surface area is 67.0 Å². The lowest BCUT2D eigenvalue weighted by molar-refractivity contribution is -0.141. The van der Waals surface area contributed by atoms with Crippen molar-refractivity contribution in [3.8, 4) is 0 Å². The Hall–Kier alpha value is -0.570. The van der Waals surface area contributed by atoms with Crippen molar-refractivity contribution in [2.45, 2.75) is 19.8 Å². The largest absolute Gasteiger partial charge is 0.481 e. The van der Waals surface area contributed by atoms with Gasteiger partial charge in [-0.15, -0.1) is 0 Å². The van der Waals surface area contributed by atoms with Crippen LogP contribution in [0.15, 0.2) is 0 Å². The number of likely N-dealkylation sites (tertiary alicyclic amines) is 1. The highest BCUT2D eigenvalue weighted by atomic mass is 16.4. The summed E-state index contributed by atoms with van der Waals surface area (Å²) in [5.74, 6) is -0.898. The fourth-order valence-corrected chi connectivity index (χ4v) is 1.43. The second-order valence-corrected chi connectivity index (χ2v) is 3.25. The van der Waals surface area contributed by atoms with E-state index in [9.17, 15) is 4.79 Å². The number of carboxylic acid groups (broad SMARTS) is 1. The van der Waals surface area contributed by atoms with Crippen LogP contribution in [0.4, 0.5) is 0 Å². The molecule has 1 saturated heterocycles. The van der Waals surface area contributed by atoms with E-state index in [1.807, 2.05) is 0 Å². The van der Waals surface area contributed by atoms with E-state index in [2.05, 4.69) is 4.90 Å². The molecular formula is C8H15NO2. The molecule has 0 aromatic heterocycles. The molecule has 0 bridgehead atoms. The number of rotatable bonds is 3. The zero-order chi connectivity index (χ0) is 8.27. The van der Waals surface area contributed by atoms with Crippen molar-refractivity contribution >= 4 is 5.97 Å². The summed E-state index contributed by atoms with van der Waals surface area (Å²) in [6, 6.07) is 0. The molecule has 0 aliphatic carbocycles. The molecule has 0 amide bonds. The van der Waals surface area contributed by atoms with Gasteiger partial charge in [-0.05, 0) is 25.9 Å². The Kier molecular flexibility index (Phi) is 2.88. The van der Waals surface area contributed by atoms with E-state index in [0.29, 0.717) is 0 Å². The zero-order valence-corrected chi connectivity index (χ0v) is 6.92. The van der Waals surface area contributed by atoms with Crippen molar-refractivity contribution in [3.05, 3.63) is 0 Å². The maximum atomic E-state index is 10.5. The van der Waals surface area contributed by atoms with Crippen LogP contribution in [-0.2, 0) is 4.79 Å². The maximum absolute atomic E-state index is 10.5. The Balaban J connectivity index is 2.23. The van der Waals surface area contributed by atoms with Crippen molar-refractivity contribution in [1.82, 2.24) is 4.90 Å². The Bertz CT molecular complexity index is 141. The minimum Gasteiger partial charge on any atom is -0.481 e. The highest BCUT2D eigenvalue weighted by molar-refractivity contribution is 5.69. The highest BCUT2D eigenvalue weighted by Gasteiger charge is 2.18. The van der Waals surface area contributed by atoms with E-state index in [0.717, 1.165) is 19.6 Å². The standard InChI is InChI=1S/C8H15NO2/c1-7(8(10)11)6-9-4-2-3-5-9/h7H,2-6H2,1H3,(H,10,11). The normalized spacial score (nSPS) is 21.9. The summed E-state index contributed by atoms with van der Waals surface area (Å²) in [7, 11) is 0. The third-order valence-electron chi connectivity index (χ3n) is 2.15. The van der Waals surface area contributed by atoms with Gasteiger partial charge in [0.2, 0.25) is 0 Å². The summed E-state index contributed by atoms with van der Waals surface area (Å²) in [6.07, 6.45) is 2.46. The van der Waals surface area contributed by atoms with Gasteiger partial charge in [-0.3, -0.25) is 4.79 Å². The quantitative estimate of drug-likeness (QED) is 0.658.